The van der Waals surface area contributed by atoms with E-state index in [0.29, 0.717) is 13.0 Å². The largest absolute Gasteiger partial charge is 0.509 e. The molecule has 0 aromatic heterocycles. The maximum Gasteiger partial charge on any atom is 0.509 e. The molecule has 2 rings (SSSR count). The Morgan fingerprint density at radius 3 is 2.94 bits per heavy atom. The maximum atomic E-state index is 11.5. The molecular formula is C14H14O4. The molecule has 0 N–H and O–H groups in total. The van der Waals surface area contributed by atoms with Gasteiger partial charge in [-0.3, -0.25) is 0 Å². The Balaban J connectivity index is 1.77. The Morgan fingerprint density at radius 1 is 1.44 bits per heavy atom. The highest BCUT2D eigenvalue weighted by Gasteiger charge is 2.30. The molecule has 1 saturated heterocycles. The van der Waals surface area contributed by atoms with Crippen LogP contribution in [0.3, 0.4) is 0 Å². The number of carbonyl (C=O) groups is 1. The van der Waals surface area contributed by atoms with E-state index in [1.54, 1.807) is 0 Å². The van der Waals surface area contributed by atoms with Gasteiger partial charge in [0.1, 0.15) is 12.7 Å². The van der Waals surface area contributed by atoms with E-state index in [4.69, 9.17) is 20.6 Å². The molecule has 2 unspecified atom stereocenters. The molecule has 4 heteroatoms. The summed E-state index contributed by atoms with van der Waals surface area (Å²) in [5.41, 5.74) is 0.908. The Hall–Kier alpha value is -1.99. The molecule has 1 aliphatic rings. The van der Waals surface area contributed by atoms with Crippen molar-refractivity contribution in [2.75, 3.05) is 6.61 Å². The molecule has 1 fully saturated rings. The minimum Gasteiger partial charge on any atom is -0.429 e. The van der Waals surface area contributed by atoms with Crippen LogP contribution in [0, 0.1) is 12.3 Å². The maximum absolute atomic E-state index is 11.5. The summed E-state index contributed by atoms with van der Waals surface area (Å²) in [4.78, 5) is 11.5. The highest BCUT2D eigenvalue weighted by molar-refractivity contribution is 5.60. The second-order valence-electron chi connectivity index (χ2n) is 3.93. The standard InChI is InChI=1S/C14H14O4/c1-2-12-13(8-9-16-12)18-14(15)17-10-11-6-4-3-5-7-11/h1,3-7,12-13H,8-10H2. The van der Waals surface area contributed by atoms with Crippen LogP contribution in [-0.2, 0) is 20.8 Å². The quantitative estimate of drug-likeness (QED) is 0.605. The van der Waals surface area contributed by atoms with Crippen molar-refractivity contribution in [1.29, 1.82) is 0 Å². The third kappa shape index (κ3) is 3.25. The number of rotatable bonds is 3. The Morgan fingerprint density at radius 2 is 2.22 bits per heavy atom. The van der Waals surface area contributed by atoms with Crippen molar-refractivity contribution in [2.24, 2.45) is 0 Å². The van der Waals surface area contributed by atoms with Gasteiger partial charge in [0, 0.05) is 6.42 Å². The summed E-state index contributed by atoms with van der Waals surface area (Å²) in [6, 6.07) is 9.40. The third-order valence-electron chi connectivity index (χ3n) is 2.65. The van der Waals surface area contributed by atoms with Crippen molar-refractivity contribution in [2.45, 2.75) is 25.2 Å². The van der Waals surface area contributed by atoms with Gasteiger partial charge in [0.25, 0.3) is 0 Å². The predicted octanol–water partition coefficient (Wildman–Crippen LogP) is 2.13. The smallest absolute Gasteiger partial charge is 0.429 e. The molecule has 0 bridgehead atoms. The van der Waals surface area contributed by atoms with Crippen molar-refractivity contribution in [3.05, 3.63) is 35.9 Å². The number of hydrogen-bond donors (Lipinski definition) is 0. The molecule has 2 atom stereocenters. The van der Waals surface area contributed by atoms with E-state index in [9.17, 15) is 4.79 Å². The van der Waals surface area contributed by atoms with Gasteiger partial charge >= 0.3 is 6.16 Å². The summed E-state index contributed by atoms with van der Waals surface area (Å²) in [6.07, 6.45) is 4.28. The summed E-state index contributed by atoms with van der Waals surface area (Å²) in [5, 5.41) is 0. The average molecular weight is 246 g/mol. The number of hydrogen-bond acceptors (Lipinski definition) is 4. The minimum atomic E-state index is -0.713. The number of carbonyl (C=O) groups excluding carboxylic acids is 1. The van der Waals surface area contributed by atoms with Crippen LogP contribution in [0.15, 0.2) is 30.3 Å². The average Bonchev–Trinajstić information content (AvgIpc) is 2.85. The predicted molar refractivity (Wildman–Crippen MR) is 64.7 cm³/mol. The van der Waals surface area contributed by atoms with Gasteiger partial charge in [0.2, 0.25) is 0 Å². The Bertz CT molecular complexity index is 435. The van der Waals surface area contributed by atoms with E-state index in [0.717, 1.165) is 5.56 Å². The zero-order chi connectivity index (χ0) is 12.8. The molecule has 94 valence electrons. The molecule has 18 heavy (non-hydrogen) atoms. The summed E-state index contributed by atoms with van der Waals surface area (Å²) in [5.74, 6) is 2.44. The fraction of sp³-hybridized carbons (Fsp3) is 0.357. The SMILES string of the molecule is C#CC1OCCC1OC(=O)OCc1ccccc1. The lowest BCUT2D eigenvalue weighted by Crippen LogP contribution is -2.26. The molecule has 0 saturated carbocycles. The van der Waals surface area contributed by atoms with Gasteiger partial charge in [-0.15, -0.1) is 6.42 Å². The number of benzene rings is 1. The molecule has 0 aliphatic carbocycles. The second-order valence-corrected chi connectivity index (χ2v) is 3.93. The molecule has 4 nitrogen and oxygen atoms in total. The van der Waals surface area contributed by atoms with Gasteiger partial charge in [-0.1, -0.05) is 36.3 Å². The van der Waals surface area contributed by atoms with Gasteiger partial charge < -0.3 is 14.2 Å². The highest BCUT2D eigenvalue weighted by atomic mass is 16.7. The van der Waals surface area contributed by atoms with Crippen LogP contribution in [0.25, 0.3) is 0 Å². The van der Waals surface area contributed by atoms with Crippen LogP contribution < -0.4 is 0 Å². The molecule has 1 aliphatic heterocycles. The summed E-state index contributed by atoms with van der Waals surface area (Å²) in [6.45, 7) is 0.694. The van der Waals surface area contributed by atoms with Gasteiger partial charge in [-0.25, -0.2) is 4.79 Å². The number of ether oxygens (including phenoxy) is 3. The van der Waals surface area contributed by atoms with Crippen LogP contribution in [0.1, 0.15) is 12.0 Å². The van der Waals surface area contributed by atoms with E-state index >= 15 is 0 Å². The van der Waals surface area contributed by atoms with E-state index in [1.165, 1.54) is 0 Å². The molecular weight excluding hydrogens is 232 g/mol. The van der Waals surface area contributed by atoms with Gasteiger partial charge in [0.15, 0.2) is 6.10 Å². The minimum absolute atomic E-state index is 0.188. The Kier molecular flexibility index (Phi) is 4.21. The monoisotopic (exact) mass is 246 g/mol. The van der Waals surface area contributed by atoms with Crippen molar-refractivity contribution < 1.29 is 19.0 Å². The zero-order valence-electron chi connectivity index (χ0n) is 9.87. The van der Waals surface area contributed by atoms with E-state index in [2.05, 4.69) is 5.92 Å². The molecule has 1 heterocycles. The molecule has 0 amide bonds. The van der Waals surface area contributed by atoms with Gasteiger partial charge in [-0.2, -0.15) is 0 Å². The van der Waals surface area contributed by atoms with Crippen LogP contribution in [0.5, 0.6) is 0 Å². The summed E-state index contributed by atoms with van der Waals surface area (Å²) in [7, 11) is 0. The second kappa shape index (κ2) is 6.08. The number of terminal acetylenes is 1. The van der Waals surface area contributed by atoms with Crippen molar-refractivity contribution >= 4 is 6.16 Å². The van der Waals surface area contributed by atoms with Crippen molar-refractivity contribution in [1.82, 2.24) is 0 Å². The zero-order valence-corrected chi connectivity index (χ0v) is 9.87. The lowest BCUT2D eigenvalue weighted by molar-refractivity contribution is 0.00196. The molecule has 1 aromatic carbocycles. The molecule has 0 spiro atoms. The highest BCUT2D eigenvalue weighted by Crippen LogP contribution is 2.17. The summed E-state index contributed by atoms with van der Waals surface area (Å²) < 4.78 is 15.3. The lowest BCUT2D eigenvalue weighted by atomic mass is 10.2. The van der Waals surface area contributed by atoms with E-state index in [-0.39, 0.29) is 6.61 Å². The third-order valence-corrected chi connectivity index (χ3v) is 2.65. The molecule has 0 radical (unpaired) electrons. The fourth-order valence-corrected chi connectivity index (χ4v) is 1.72. The van der Waals surface area contributed by atoms with Crippen LogP contribution in [-0.4, -0.2) is 25.0 Å². The molecule has 1 aromatic rings. The van der Waals surface area contributed by atoms with E-state index < -0.39 is 18.4 Å². The first-order valence-electron chi connectivity index (χ1n) is 5.74. The first-order chi connectivity index (χ1) is 8.79. The van der Waals surface area contributed by atoms with Crippen LogP contribution >= 0.6 is 0 Å². The first-order valence-corrected chi connectivity index (χ1v) is 5.74. The van der Waals surface area contributed by atoms with Crippen LogP contribution in [0.4, 0.5) is 4.79 Å². The summed E-state index contributed by atoms with van der Waals surface area (Å²) >= 11 is 0. The van der Waals surface area contributed by atoms with Gasteiger partial charge in [-0.05, 0) is 5.56 Å². The van der Waals surface area contributed by atoms with Gasteiger partial charge in [0.05, 0.1) is 6.61 Å². The van der Waals surface area contributed by atoms with Crippen LogP contribution in [0.2, 0.25) is 0 Å². The Labute approximate surface area is 106 Å². The first kappa shape index (κ1) is 12.5. The normalized spacial score (nSPS) is 22.2. The van der Waals surface area contributed by atoms with Crippen molar-refractivity contribution in [3.63, 3.8) is 0 Å². The topological polar surface area (TPSA) is 44.8 Å². The fourth-order valence-electron chi connectivity index (χ4n) is 1.72. The van der Waals surface area contributed by atoms with Crippen molar-refractivity contribution in [3.8, 4) is 12.3 Å². The van der Waals surface area contributed by atoms with E-state index in [1.807, 2.05) is 30.3 Å². The lowest BCUT2D eigenvalue weighted by Gasteiger charge is -2.14.